The molecule has 0 bridgehead atoms. The van der Waals surface area contributed by atoms with Crippen LogP contribution in [0.25, 0.3) is 38.9 Å². The maximum absolute atomic E-state index is 4.62. The molecule has 3 N–H and O–H groups in total. The summed E-state index contributed by atoms with van der Waals surface area (Å²) in [5.41, 5.74) is 6.95. The van der Waals surface area contributed by atoms with Gasteiger partial charge in [-0.1, -0.05) is 37.6 Å². The zero-order chi connectivity index (χ0) is 22.6. The quantitative estimate of drug-likeness (QED) is 0.304. The van der Waals surface area contributed by atoms with Gasteiger partial charge in [0.15, 0.2) is 5.65 Å². The van der Waals surface area contributed by atoms with E-state index in [1.807, 2.05) is 24.5 Å². The minimum atomic E-state index is 0.701. The predicted octanol–water partition coefficient (Wildman–Crippen LogP) is 5.80. The third kappa shape index (κ3) is 4.52. The number of nitrogens with one attached hydrogen (secondary N) is 3. The van der Waals surface area contributed by atoms with Crippen LogP contribution in [0.5, 0.6) is 0 Å². The number of aromatic amines is 2. The number of hydrogen-bond acceptors (Lipinski definition) is 4. The lowest BCUT2D eigenvalue weighted by molar-refractivity contribution is 0.503. The van der Waals surface area contributed by atoms with Crippen molar-refractivity contribution in [2.45, 2.75) is 32.6 Å². The second-order valence-electron chi connectivity index (χ2n) is 8.79. The summed E-state index contributed by atoms with van der Waals surface area (Å²) in [4.78, 5) is 12.2. The standard InChI is InChI=1S/C27H30N6/c1-3-18(14-29-15-19-7-5-6-8-19)11-20(4-2)22-12-23-26(32-33-27(23)30-16-22)24-13-21-9-10-28-17-25(21)31-24/h3-4,9-13,16-17,19,29,31H,1,5-8,14-15H2,2H3,(H,30,32,33)/b18-11+,20-4+. The molecule has 33 heavy (non-hydrogen) atoms. The Bertz CT molecular complexity index is 1300. The van der Waals surface area contributed by atoms with Crippen molar-refractivity contribution in [1.29, 1.82) is 0 Å². The zero-order valence-electron chi connectivity index (χ0n) is 19.1. The van der Waals surface area contributed by atoms with Gasteiger partial charge in [0.1, 0.15) is 0 Å². The molecule has 4 heterocycles. The molecule has 0 unspecified atom stereocenters. The van der Waals surface area contributed by atoms with E-state index in [0.717, 1.165) is 57.8 Å². The first-order valence-electron chi connectivity index (χ1n) is 11.7. The zero-order valence-corrected chi connectivity index (χ0v) is 19.1. The molecule has 4 aromatic rings. The van der Waals surface area contributed by atoms with Crippen LogP contribution < -0.4 is 5.32 Å². The van der Waals surface area contributed by atoms with E-state index in [-0.39, 0.29) is 0 Å². The van der Waals surface area contributed by atoms with Crippen LogP contribution in [-0.4, -0.2) is 38.2 Å². The van der Waals surface area contributed by atoms with Crippen LogP contribution >= 0.6 is 0 Å². The van der Waals surface area contributed by atoms with Gasteiger partial charge in [0.05, 0.1) is 23.1 Å². The summed E-state index contributed by atoms with van der Waals surface area (Å²) in [7, 11) is 0. The number of aromatic nitrogens is 5. The van der Waals surface area contributed by atoms with Gasteiger partial charge in [0.2, 0.25) is 0 Å². The average molecular weight is 439 g/mol. The number of nitrogens with zero attached hydrogens (tertiary/aromatic N) is 3. The van der Waals surface area contributed by atoms with E-state index in [1.165, 1.54) is 31.3 Å². The van der Waals surface area contributed by atoms with Gasteiger partial charge in [0, 0.05) is 35.3 Å². The number of hydrogen-bond donors (Lipinski definition) is 3. The Balaban J connectivity index is 1.41. The van der Waals surface area contributed by atoms with Crippen LogP contribution in [-0.2, 0) is 0 Å². The molecule has 0 saturated heterocycles. The summed E-state index contributed by atoms with van der Waals surface area (Å²) in [6.45, 7) is 8.00. The highest BCUT2D eigenvalue weighted by atomic mass is 15.2. The number of fused-ring (bicyclic) bond motifs is 2. The van der Waals surface area contributed by atoms with E-state index in [9.17, 15) is 0 Å². The molecule has 168 valence electrons. The van der Waals surface area contributed by atoms with Crippen molar-refractivity contribution >= 4 is 27.5 Å². The molecular formula is C27H30N6. The van der Waals surface area contributed by atoms with E-state index < -0.39 is 0 Å². The van der Waals surface area contributed by atoms with Gasteiger partial charge >= 0.3 is 0 Å². The molecule has 1 fully saturated rings. The highest BCUT2D eigenvalue weighted by Gasteiger charge is 2.15. The van der Waals surface area contributed by atoms with Crippen molar-refractivity contribution in [2.24, 2.45) is 5.92 Å². The van der Waals surface area contributed by atoms with Crippen molar-refractivity contribution in [3.8, 4) is 11.4 Å². The van der Waals surface area contributed by atoms with Crippen LogP contribution in [0.15, 0.2) is 67.2 Å². The van der Waals surface area contributed by atoms with Gasteiger partial charge in [-0.15, -0.1) is 0 Å². The Morgan fingerprint density at radius 3 is 2.91 bits per heavy atom. The average Bonchev–Trinajstić information content (AvgIpc) is 3.60. The normalized spacial score (nSPS) is 15.7. The minimum absolute atomic E-state index is 0.701. The first-order chi connectivity index (χ1) is 16.2. The molecule has 5 rings (SSSR count). The molecule has 6 heteroatoms. The molecule has 0 radical (unpaired) electrons. The van der Waals surface area contributed by atoms with E-state index in [0.29, 0.717) is 5.65 Å². The van der Waals surface area contributed by atoms with Crippen molar-refractivity contribution in [2.75, 3.05) is 13.1 Å². The van der Waals surface area contributed by atoms with Crippen LogP contribution in [0, 0.1) is 5.92 Å². The van der Waals surface area contributed by atoms with Gasteiger partial charge in [-0.3, -0.25) is 10.1 Å². The van der Waals surface area contributed by atoms with Crippen molar-refractivity contribution in [3.63, 3.8) is 0 Å². The fourth-order valence-corrected chi connectivity index (χ4v) is 4.72. The lowest BCUT2D eigenvalue weighted by Gasteiger charge is -2.12. The molecule has 0 aromatic carbocycles. The monoisotopic (exact) mass is 438 g/mol. The summed E-state index contributed by atoms with van der Waals surface area (Å²) in [6.07, 6.45) is 17.2. The van der Waals surface area contributed by atoms with E-state index >= 15 is 0 Å². The summed E-state index contributed by atoms with van der Waals surface area (Å²) >= 11 is 0. The minimum Gasteiger partial charge on any atom is -0.352 e. The van der Waals surface area contributed by atoms with Crippen LogP contribution in [0.1, 0.15) is 38.2 Å². The Morgan fingerprint density at radius 2 is 2.12 bits per heavy atom. The summed E-state index contributed by atoms with van der Waals surface area (Å²) in [5.74, 6) is 0.823. The number of rotatable bonds is 8. The van der Waals surface area contributed by atoms with Gasteiger partial charge in [0.25, 0.3) is 0 Å². The van der Waals surface area contributed by atoms with Gasteiger partial charge < -0.3 is 10.3 Å². The first kappa shape index (κ1) is 21.3. The Labute approximate surface area is 193 Å². The largest absolute Gasteiger partial charge is 0.352 e. The van der Waals surface area contributed by atoms with Gasteiger partial charge in [-0.05, 0) is 61.6 Å². The van der Waals surface area contributed by atoms with E-state index in [1.54, 1.807) is 6.20 Å². The Kier molecular flexibility index (Phi) is 6.17. The fraction of sp³-hybridized carbons (Fsp3) is 0.296. The molecule has 0 aliphatic heterocycles. The molecular weight excluding hydrogens is 408 g/mol. The van der Waals surface area contributed by atoms with Crippen LogP contribution in [0.4, 0.5) is 0 Å². The highest BCUT2D eigenvalue weighted by molar-refractivity contribution is 5.95. The third-order valence-electron chi connectivity index (χ3n) is 6.59. The molecule has 1 aliphatic carbocycles. The van der Waals surface area contributed by atoms with E-state index in [2.05, 4.69) is 68.3 Å². The topological polar surface area (TPSA) is 82.3 Å². The number of pyridine rings is 2. The van der Waals surface area contributed by atoms with Crippen LogP contribution in [0.3, 0.4) is 0 Å². The summed E-state index contributed by atoms with van der Waals surface area (Å²) < 4.78 is 0. The number of H-pyrrole nitrogens is 2. The maximum Gasteiger partial charge on any atom is 0.181 e. The van der Waals surface area contributed by atoms with Gasteiger partial charge in [-0.25, -0.2) is 4.98 Å². The fourth-order valence-electron chi connectivity index (χ4n) is 4.72. The third-order valence-corrected chi connectivity index (χ3v) is 6.59. The first-order valence-corrected chi connectivity index (χ1v) is 11.7. The summed E-state index contributed by atoms with van der Waals surface area (Å²) in [5, 5.41) is 13.3. The Hall–Kier alpha value is -3.51. The molecule has 1 aliphatic rings. The SMILES string of the molecule is C=C/C(=C\C(=C/C)c1cnc2n[nH]c(-c3cc4ccncc4[nH]3)c2c1)CNCC1CCCC1. The second-order valence-corrected chi connectivity index (χ2v) is 8.79. The number of allylic oxidation sites excluding steroid dienone is 3. The molecule has 0 spiro atoms. The molecule has 6 nitrogen and oxygen atoms in total. The molecule has 0 amide bonds. The maximum atomic E-state index is 4.62. The van der Waals surface area contributed by atoms with Crippen LogP contribution in [0.2, 0.25) is 0 Å². The summed E-state index contributed by atoms with van der Waals surface area (Å²) in [6, 6.07) is 6.26. The molecule has 4 aromatic heterocycles. The lowest BCUT2D eigenvalue weighted by atomic mass is 10.0. The predicted molar refractivity (Wildman–Crippen MR) is 136 cm³/mol. The van der Waals surface area contributed by atoms with Gasteiger partial charge in [-0.2, -0.15) is 5.10 Å². The smallest absolute Gasteiger partial charge is 0.181 e. The van der Waals surface area contributed by atoms with Crippen molar-refractivity contribution < 1.29 is 0 Å². The van der Waals surface area contributed by atoms with Crippen molar-refractivity contribution in [1.82, 2.24) is 30.5 Å². The van der Waals surface area contributed by atoms with Crippen molar-refractivity contribution in [3.05, 3.63) is 72.7 Å². The molecule has 0 atom stereocenters. The highest BCUT2D eigenvalue weighted by Crippen LogP contribution is 2.30. The second kappa shape index (κ2) is 9.55. The lowest BCUT2D eigenvalue weighted by Crippen LogP contribution is -2.23. The van der Waals surface area contributed by atoms with E-state index in [4.69, 9.17) is 0 Å². The Morgan fingerprint density at radius 1 is 1.24 bits per heavy atom. The molecule has 1 saturated carbocycles.